The van der Waals surface area contributed by atoms with Crippen LogP contribution < -0.4 is 5.73 Å². The largest absolute Gasteiger partial charge is 0.383 e. The van der Waals surface area contributed by atoms with Crippen molar-refractivity contribution in [3.8, 4) is 11.3 Å². The van der Waals surface area contributed by atoms with Gasteiger partial charge in [0.15, 0.2) is 0 Å². The second kappa shape index (κ2) is 6.89. The van der Waals surface area contributed by atoms with E-state index in [0.29, 0.717) is 28.5 Å². The van der Waals surface area contributed by atoms with Crippen molar-refractivity contribution in [3.05, 3.63) is 29.0 Å². The van der Waals surface area contributed by atoms with Crippen LogP contribution in [0.2, 0.25) is 5.02 Å². The van der Waals surface area contributed by atoms with E-state index in [2.05, 4.69) is 15.0 Å². The number of methoxy groups -OCH3 is 1. The first-order chi connectivity index (χ1) is 13.9. The molecule has 9 heteroatoms. The quantitative estimate of drug-likeness (QED) is 0.741. The molecule has 3 fully saturated rings. The molecule has 3 atom stereocenters. The van der Waals surface area contributed by atoms with Crippen molar-refractivity contribution in [3.63, 3.8) is 0 Å². The summed E-state index contributed by atoms with van der Waals surface area (Å²) in [5.41, 5.74) is 8.22. The molecule has 0 radical (unpaired) electrons. The smallest absolute Gasteiger partial charge is 0.253 e. The Morgan fingerprint density at radius 3 is 2.66 bits per heavy atom. The zero-order valence-corrected chi connectivity index (χ0v) is 16.9. The number of nitrogens with two attached hydrogens (primary N) is 1. The van der Waals surface area contributed by atoms with E-state index in [9.17, 15) is 8.78 Å². The molecule has 156 valence electrons. The van der Waals surface area contributed by atoms with Gasteiger partial charge in [-0.15, -0.1) is 0 Å². The standard InChI is InChI=1S/C20H24ClF2N5O/c1-29-3-2-27-9-13-14(10-27)18(13)17-5-16(11-4-15(21)19(24)25-7-11)26-28(17)8-12-6-20(12,22)23/h4-5,7,12-14,18H,2-3,6,8-10H2,1H3,(H2,24,25). The highest BCUT2D eigenvalue weighted by Gasteiger charge is 2.59. The number of hydrogen-bond acceptors (Lipinski definition) is 5. The van der Waals surface area contributed by atoms with Crippen LogP contribution in [-0.4, -0.2) is 58.9 Å². The maximum atomic E-state index is 13.6. The molecule has 29 heavy (non-hydrogen) atoms. The van der Waals surface area contributed by atoms with Crippen LogP contribution in [0.3, 0.4) is 0 Å². The molecule has 2 aromatic rings. The number of hydrogen-bond donors (Lipinski definition) is 1. The zero-order valence-electron chi connectivity index (χ0n) is 16.2. The highest BCUT2D eigenvalue weighted by atomic mass is 35.5. The zero-order chi connectivity index (χ0) is 20.3. The fraction of sp³-hybridized carbons (Fsp3) is 0.600. The Kier molecular flexibility index (Phi) is 4.56. The summed E-state index contributed by atoms with van der Waals surface area (Å²) in [6.45, 7) is 3.96. The molecule has 2 N–H and O–H groups in total. The Bertz CT molecular complexity index is 924. The van der Waals surface area contributed by atoms with E-state index in [1.807, 2.05) is 6.07 Å². The molecule has 1 aliphatic heterocycles. The van der Waals surface area contributed by atoms with Crippen molar-refractivity contribution in [2.75, 3.05) is 39.1 Å². The predicted octanol–water partition coefficient (Wildman–Crippen LogP) is 3.13. The van der Waals surface area contributed by atoms with E-state index in [-0.39, 0.29) is 18.8 Å². The molecule has 0 amide bonds. The maximum Gasteiger partial charge on any atom is 0.253 e. The molecular formula is C20H24ClF2N5O. The van der Waals surface area contributed by atoms with Crippen LogP contribution in [-0.2, 0) is 11.3 Å². The summed E-state index contributed by atoms with van der Waals surface area (Å²) in [7, 11) is 1.71. The van der Waals surface area contributed by atoms with E-state index in [4.69, 9.17) is 22.1 Å². The second-order valence-electron chi connectivity index (χ2n) is 8.50. The molecule has 5 rings (SSSR count). The molecule has 2 aromatic heterocycles. The molecular weight excluding hydrogens is 400 g/mol. The van der Waals surface area contributed by atoms with E-state index in [1.54, 1.807) is 24.1 Å². The Morgan fingerprint density at radius 1 is 1.31 bits per heavy atom. The number of alkyl halides is 2. The number of halogens is 3. The number of pyridine rings is 1. The van der Waals surface area contributed by atoms with Gasteiger partial charge in [0.05, 0.1) is 23.9 Å². The molecule has 2 aliphatic carbocycles. The second-order valence-corrected chi connectivity index (χ2v) is 8.90. The van der Waals surface area contributed by atoms with Gasteiger partial charge >= 0.3 is 0 Å². The molecule has 0 aromatic carbocycles. The average Bonchev–Trinajstić information content (AvgIpc) is 3.33. The van der Waals surface area contributed by atoms with Crippen molar-refractivity contribution >= 4 is 17.4 Å². The molecule has 0 bridgehead atoms. The number of likely N-dealkylation sites (tertiary alicyclic amines) is 1. The Labute approximate surface area is 173 Å². The first-order valence-corrected chi connectivity index (χ1v) is 10.3. The fourth-order valence-corrected chi connectivity index (χ4v) is 4.87. The molecule has 3 unspecified atom stereocenters. The summed E-state index contributed by atoms with van der Waals surface area (Å²) in [4.78, 5) is 6.52. The van der Waals surface area contributed by atoms with Gasteiger partial charge in [-0.05, 0) is 24.0 Å². The summed E-state index contributed by atoms with van der Waals surface area (Å²) < 4.78 is 34.1. The lowest BCUT2D eigenvalue weighted by Gasteiger charge is -2.19. The van der Waals surface area contributed by atoms with Crippen molar-refractivity contribution in [2.24, 2.45) is 17.8 Å². The third kappa shape index (κ3) is 3.51. The van der Waals surface area contributed by atoms with Gasteiger partial charge in [-0.1, -0.05) is 11.6 Å². The van der Waals surface area contributed by atoms with Gasteiger partial charge in [0.25, 0.3) is 5.92 Å². The number of piperidine rings is 1. The average molecular weight is 424 g/mol. The molecule has 1 saturated heterocycles. The summed E-state index contributed by atoms with van der Waals surface area (Å²) >= 11 is 6.12. The van der Waals surface area contributed by atoms with Crippen LogP contribution in [0.15, 0.2) is 18.3 Å². The highest BCUT2D eigenvalue weighted by molar-refractivity contribution is 6.33. The lowest BCUT2D eigenvalue weighted by atomic mass is 10.1. The normalized spacial score (nSPS) is 29.8. The SMILES string of the molecule is COCCN1CC2C(C1)C2c1cc(-c2cnc(N)c(Cl)c2)nn1CC1CC1(F)F. The Hall–Kier alpha value is -1.77. The number of nitrogens with zero attached hydrogens (tertiary/aromatic N) is 4. The van der Waals surface area contributed by atoms with Crippen molar-refractivity contribution in [1.29, 1.82) is 0 Å². The van der Waals surface area contributed by atoms with Crippen LogP contribution in [0.5, 0.6) is 0 Å². The third-order valence-electron chi connectivity index (χ3n) is 6.55. The Balaban J connectivity index is 1.39. The van der Waals surface area contributed by atoms with Crippen LogP contribution in [0.4, 0.5) is 14.6 Å². The number of fused-ring (bicyclic) bond motifs is 1. The molecule has 6 nitrogen and oxygen atoms in total. The molecule has 2 saturated carbocycles. The van der Waals surface area contributed by atoms with E-state index < -0.39 is 11.8 Å². The van der Waals surface area contributed by atoms with Crippen LogP contribution in [0.1, 0.15) is 18.0 Å². The van der Waals surface area contributed by atoms with Gasteiger partial charge in [-0.3, -0.25) is 4.68 Å². The van der Waals surface area contributed by atoms with Gasteiger partial charge < -0.3 is 15.4 Å². The van der Waals surface area contributed by atoms with E-state index in [0.717, 1.165) is 37.5 Å². The van der Waals surface area contributed by atoms with Gasteiger partial charge in [0.1, 0.15) is 5.82 Å². The summed E-state index contributed by atoms with van der Waals surface area (Å²) in [5.74, 6) is -1.43. The summed E-state index contributed by atoms with van der Waals surface area (Å²) in [5, 5.41) is 5.03. The van der Waals surface area contributed by atoms with Gasteiger partial charge in [-0.25, -0.2) is 13.8 Å². The maximum absolute atomic E-state index is 13.6. The number of rotatable bonds is 7. The molecule has 3 aliphatic rings. The lowest BCUT2D eigenvalue weighted by molar-refractivity contribution is 0.0939. The van der Waals surface area contributed by atoms with Crippen molar-refractivity contribution in [2.45, 2.75) is 24.8 Å². The van der Waals surface area contributed by atoms with Crippen LogP contribution >= 0.6 is 11.6 Å². The topological polar surface area (TPSA) is 69.2 Å². The minimum atomic E-state index is -2.56. The first-order valence-electron chi connectivity index (χ1n) is 9.95. The van der Waals surface area contributed by atoms with Gasteiger partial charge in [-0.2, -0.15) is 5.10 Å². The minimum absolute atomic E-state index is 0.0563. The fourth-order valence-electron chi connectivity index (χ4n) is 4.71. The number of anilines is 1. The summed E-state index contributed by atoms with van der Waals surface area (Å²) in [6, 6.07) is 3.75. The minimum Gasteiger partial charge on any atom is -0.383 e. The first kappa shape index (κ1) is 19.2. The Morgan fingerprint density at radius 2 is 2.03 bits per heavy atom. The number of aromatic nitrogens is 3. The van der Waals surface area contributed by atoms with Crippen LogP contribution in [0.25, 0.3) is 11.3 Å². The van der Waals surface area contributed by atoms with E-state index >= 15 is 0 Å². The van der Waals surface area contributed by atoms with Crippen molar-refractivity contribution in [1.82, 2.24) is 19.7 Å². The van der Waals surface area contributed by atoms with Crippen molar-refractivity contribution < 1.29 is 13.5 Å². The summed E-state index contributed by atoms with van der Waals surface area (Å²) in [6.07, 6.45) is 1.57. The van der Waals surface area contributed by atoms with Gasteiger partial charge in [0, 0.05) is 62.5 Å². The highest BCUT2D eigenvalue weighted by Crippen LogP contribution is 2.59. The monoisotopic (exact) mass is 423 g/mol. The number of ether oxygens (including phenoxy) is 1. The molecule has 3 heterocycles. The predicted molar refractivity (Wildman–Crippen MR) is 106 cm³/mol. The lowest BCUT2D eigenvalue weighted by Crippen LogP contribution is -2.28. The third-order valence-corrected chi connectivity index (χ3v) is 6.85. The van der Waals surface area contributed by atoms with E-state index in [1.165, 1.54) is 0 Å². The molecule has 0 spiro atoms. The van der Waals surface area contributed by atoms with Gasteiger partial charge in [0.2, 0.25) is 0 Å². The van der Waals surface area contributed by atoms with Crippen LogP contribution in [0, 0.1) is 17.8 Å². The number of nitrogen functional groups attached to an aromatic ring is 1.